The van der Waals surface area contributed by atoms with E-state index in [0.717, 1.165) is 17.3 Å². The summed E-state index contributed by atoms with van der Waals surface area (Å²) < 4.78 is 6.71. The molecule has 5 heteroatoms. The summed E-state index contributed by atoms with van der Waals surface area (Å²) in [6.07, 6.45) is 6.00. The van der Waals surface area contributed by atoms with Crippen molar-refractivity contribution in [1.82, 2.24) is 9.78 Å². The number of ether oxygens (including phenoxy) is 1. The Morgan fingerprint density at radius 2 is 2.33 bits per heavy atom. The number of carboxylic acids is 1. The Morgan fingerprint density at radius 3 is 3.00 bits per heavy atom. The summed E-state index contributed by atoms with van der Waals surface area (Å²) in [5.41, 5.74) is 1.63. The van der Waals surface area contributed by atoms with E-state index in [2.05, 4.69) is 5.10 Å². The summed E-state index contributed by atoms with van der Waals surface area (Å²) >= 11 is 0. The van der Waals surface area contributed by atoms with E-state index in [-0.39, 0.29) is 0 Å². The van der Waals surface area contributed by atoms with Crippen molar-refractivity contribution >= 4 is 12.0 Å². The van der Waals surface area contributed by atoms with Gasteiger partial charge in [-0.3, -0.25) is 0 Å². The van der Waals surface area contributed by atoms with Gasteiger partial charge in [0.1, 0.15) is 0 Å². The lowest BCUT2D eigenvalue weighted by molar-refractivity contribution is -0.131. The number of benzene rings is 1. The van der Waals surface area contributed by atoms with Gasteiger partial charge < -0.3 is 9.84 Å². The third kappa shape index (κ3) is 2.76. The molecule has 2 aromatic rings. The topological polar surface area (TPSA) is 64.4 Å². The van der Waals surface area contributed by atoms with Crippen molar-refractivity contribution in [2.45, 2.75) is 0 Å². The van der Waals surface area contributed by atoms with Gasteiger partial charge in [-0.25, -0.2) is 9.48 Å². The second-order valence-corrected chi connectivity index (χ2v) is 3.59. The maximum atomic E-state index is 10.4. The first-order valence-corrected chi connectivity index (χ1v) is 5.29. The van der Waals surface area contributed by atoms with Gasteiger partial charge in [-0.05, 0) is 23.8 Å². The molecule has 18 heavy (non-hydrogen) atoms. The van der Waals surface area contributed by atoms with Gasteiger partial charge in [0, 0.05) is 6.08 Å². The number of rotatable bonds is 4. The third-order valence-electron chi connectivity index (χ3n) is 2.35. The molecule has 1 N–H and O–H groups in total. The molecule has 5 nitrogen and oxygen atoms in total. The van der Waals surface area contributed by atoms with E-state index in [9.17, 15) is 4.79 Å². The first-order chi connectivity index (χ1) is 8.69. The lowest BCUT2D eigenvalue weighted by Crippen LogP contribution is -1.94. The predicted octanol–water partition coefficient (Wildman–Crippen LogP) is 1.98. The zero-order chi connectivity index (χ0) is 13.0. The molecule has 0 radical (unpaired) electrons. The molecule has 0 amide bonds. The Balaban J connectivity index is 2.29. The maximum Gasteiger partial charge on any atom is 0.328 e. The van der Waals surface area contributed by atoms with E-state index in [1.807, 2.05) is 24.3 Å². The van der Waals surface area contributed by atoms with E-state index in [1.165, 1.54) is 6.08 Å². The summed E-state index contributed by atoms with van der Waals surface area (Å²) in [5, 5.41) is 12.7. The first-order valence-electron chi connectivity index (χ1n) is 5.29. The number of nitrogens with zero attached hydrogens (tertiary/aromatic N) is 2. The number of aromatic nitrogens is 2. The predicted molar refractivity (Wildman–Crippen MR) is 66.8 cm³/mol. The van der Waals surface area contributed by atoms with Crippen molar-refractivity contribution in [1.29, 1.82) is 0 Å². The Morgan fingerprint density at radius 1 is 1.50 bits per heavy atom. The standard InChI is InChI=1S/C13H12N2O3/c1-18-12-8-14-15(9-12)11-4-2-3-10(7-11)5-6-13(16)17/h2-9H,1H3,(H,16,17)/b6-5+. The van der Waals surface area contributed by atoms with E-state index in [1.54, 1.807) is 24.2 Å². The van der Waals surface area contributed by atoms with Gasteiger partial charge in [0.2, 0.25) is 0 Å². The van der Waals surface area contributed by atoms with E-state index >= 15 is 0 Å². The summed E-state index contributed by atoms with van der Waals surface area (Å²) in [5.74, 6) is -0.303. The summed E-state index contributed by atoms with van der Waals surface area (Å²) in [6, 6.07) is 7.38. The summed E-state index contributed by atoms with van der Waals surface area (Å²) in [6.45, 7) is 0. The molecule has 0 saturated carbocycles. The molecule has 1 aromatic heterocycles. The van der Waals surface area contributed by atoms with Crippen LogP contribution in [0, 0.1) is 0 Å². The molecule has 0 unspecified atom stereocenters. The SMILES string of the molecule is COc1cnn(-c2cccc(/C=C/C(=O)O)c2)c1. The molecule has 1 heterocycles. The van der Waals surface area contributed by atoms with Gasteiger partial charge in [0.15, 0.2) is 5.75 Å². The van der Waals surface area contributed by atoms with Gasteiger partial charge in [-0.2, -0.15) is 5.10 Å². The molecule has 0 spiro atoms. The zero-order valence-electron chi connectivity index (χ0n) is 9.78. The van der Waals surface area contributed by atoms with Crippen LogP contribution in [-0.2, 0) is 4.79 Å². The van der Waals surface area contributed by atoms with Crippen LogP contribution in [0.4, 0.5) is 0 Å². The molecule has 0 atom stereocenters. The van der Waals surface area contributed by atoms with Crippen molar-refractivity contribution < 1.29 is 14.6 Å². The van der Waals surface area contributed by atoms with Crippen molar-refractivity contribution in [2.75, 3.05) is 7.11 Å². The zero-order valence-corrected chi connectivity index (χ0v) is 9.78. The highest BCUT2D eigenvalue weighted by Gasteiger charge is 2.01. The van der Waals surface area contributed by atoms with E-state index in [4.69, 9.17) is 9.84 Å². The minimum Gasteiger partial charge on any atom is -0.493 e. The molecule has 0 aliphatic rings. The molecule has 0 aliphatic carbocycles. The van der Waals surface area contributed by atoms with Crippen molar-refractivity contribution in [3.05, 3.63) is 48.3 Å². The van der Waals surface area contributed by atoms with Crippen LogP contribution in [-0.4, -0.2) is 28.0 Å². The van der Waals surface area contributed by atoms with Crippen LogP contribution in [0.3, 0.4) is 0 Å². The minimum absolute atomic E-state index is 0.668. The number of carbonyl (C=O) groups is 1. The lowest BCUT2D eigenvalue weighted by atomic mass is 10.2. The number of aliphatic carboxylic acids is 1. The summed E-state index contributed by atoms with van der Waals surface area (Å²) in [4.78, 5) is 10.4. The highest BCUT2D eigenvalue weighted by Crippen LogP contribution is 2.15. The van der Waals surface area contributed by atoms with Crippen LogP contribution in [0.1, 0.15) is 5.56 Å². The maximum absolute atomic E-state index is 10.4. The Bertz CT molecular complexity index is 587. The van der Waals surface area contributed by atoms with Gasteiger partial charge >= 0.3 is 5.97 Å². The number of carboxylic acid groups (broad SMARTS) is 1. The molecule has 0 bridgehead atoms. The average Bonchev–Trinajstić information content (AvgIpc) is 2.85. The molecule has 2 rings (SSSR count). The van der Waals surface area contributed by atoms with E-state index < -0.39 is 5.97 Å². The third-order valence-corrected chi connectivity index (χ3v) is 2.35. The number of hydrogen-bond acceptors (Lipinski definition) is 3. The highest BCUT2D eigenvalue weighted by atomic mass is 16.5. The fourth-order valence-electron chi connectivity index (χ4n) is 1.49. The smallest absolute Gasteiger partial charge is 0.328 e. The molecule has 92 valence electrons. The molecule has 0 aliphatic heterocycles. The van der Waals surface area contributed by atoms with Crippen LogP contribution in [0.2, 0.25) is 0 Å². The fraction of sp³-hybridized carbons (Fsp3) is 0.0769. The minimum atomic E-state index is -0.971. The Labute approximate surface area is 104 Å². The van der Waals surface area contributed by atoms with E-state index in [0.29, 0.717) is 5.75 Å². The second kappa shape index (κ2) is 5.18. The molecular weight excluding hydrogens is 232 g/mol. The number of methoxy groups -OCH3 is 1. The van der Waals surface area contributed by atoms with Gasteiger partial charge in [-0.1, -0.05) is 12.1 Å². The summed E-state index contributed by atoms with van der Waals surface area (Å²) in [7, 11) is 1.58. The normalized spacial score (nSPS) is 10.7. The lowest BCUT2D eigenvalue weighted by Gasteiger charge is -2.02. The number of hydrogen-bond donors (Lipinski definition) is 1. The van der Waals surface area contributed by atoms with Crippen LogP contribution in [0.15, 0.2) is 42.7 Å². The Hall–Kier alpha value is -2.56. The van der Waals surface area contributed by atoms with Crippen molar-refractivity contribution in [2.24, 2.45) is 0 Å². The van der Waals surface area contributed by atoms with Crippen LogP contribution >= 0.6 is 0 Å². The first kappa shape index (κ1) is 11.9. The largest absolute Gasteiger partial charge is 0.493 e. The quantitative estimate of drug-likeness (QED) is 0.835. The fourth-order valence-corrected chi connectivity index (χ4v) is 1.49. The molecule has 0 fully saturated rings. The average molecular weight is 244 g/mol. The highest BCUT2D eigenvalue weighted by molar-refractivity contribution is 5.85. The van der Waals surface area contributed by atoms with Crippen LogP contribution in [0.5, 0.6) is 5.75 Å². The van der Waals surface area contributed by atoms with Gasteiger partial charge in [0.05, 0.1) is 25.2 Å². The van der Waals surface area contributed by atoms with Crippen LogP contribution in [0.25, 0.3) is 11.8 Å². The van der Waals surface area contributed by atoms with Crippen molar-refractivity contribution in [3.63, 3.8) is 0 Å². The Kier molecular flexibility index (Phi) is 3.43. The molecule has 1 aromatic carbocycles. The molecular formula is C13H12N2O3. The van der Waals surface area contributed by atoms with Gasteiger partial charge in [0.25, 0.3) is 0 Å². The molecule has 0 saturated heterocycles. The van der Waals surface area contributed by atoms with Crippen LogP contribution < -0.4 is 4.74 Å². The second-order valence-electron chi connectivity index (χ2n) is 3.59. The van der Waals surface area contributed by atoms with Gasteiger partial charge in [-0.15, -0.1) is 0 Å². The monoisotopic (exact) mass is 244 g/mol. The van der Waals surface area contributed by atoms with Crippen molar-refractivity contribution in [3.8, 4) is 11.4 Å².